The van der Waals surface area contributed by atoms with Gasteiger partial charge < -0.3 is 9.15 Å². The third-order valence-electron chi connectivity index (χ3n) is 3.46. The Morgan fingerprint density at radius 2 is 2.14 bits per heavy atom. The van der Waals surface area contributed by atoms with Crippen molar-refractivity contribution in [1.82, 2.24) is 9.97 Å². The van der Waals surface area contributed by atoms with Crippen LogP contribution in [0.15, 0.2) is 41.3 Å². The monoisotopic (exact) mass is 301 g/mol. The van der Waals surface area contributed by atoms with Gasteiger partial charge in [0.05, 0.1) is 12.2 Å². The Labute approximate surface area is 126 Å². The molecular formula is C15H15N3O4. The number of nitrogens with zero attached hydrogens (tertiary/aromatic N) is 2. The second-order valence-corrected chi connectivity index (χ2v) is 5.10. The maximum atomic E-state index is 12.0. The van der Waals surface area contributed by atoms with Crippen molar-refractivity contribution in [3.8, 4) is 0 Å². The molecule has 1 fully saturated rings. The quantitative estimate of drug-likeness (QED) is 0.845. The summed E-state index contributed by atoms with van der Waals surface area (Å²) >= 11 is 0. The first-order valence-corrected chi connectivity index (χ1v) is 6.97. The number of rotatable bonds is 5. The number of esters is 1. The summed E-state index contributed by atoms with van der Waals surface area (Å²) in [5, 5.41) is 2.49. The molecule has 7 nitrogen and oxygen atoms in total. The molecule has 2 aromatic rings. The minimum absolute atomic E-state index is 0.0511. The van der Waals surface area contributed by atoms with Crippen molar-refractivity contribution < 1.29 is 18.7 Å². The lowest BCUT2D eigenvalue weighted by Crippen LogP contribution is -2.31. The Morgan fingerprint density at radius 3 is 2.82 bits per heavy atom. The van der Waals surface area contributed by atoms with E-state index in [1.807, 2.05) is 6.07 Å². The smallest absolute Gasteiger partial charge is 0.310 e. The molecule has 0 radical (unpaired) electrons. The molecule has 1 aliphatic rings. The van der Waals surface area contributed by atoms with E-state index >= 15 is 0 Å². The SMILES string of the molecule is C[C@H](OC(=O)[C@@H]1C[C@H]1c1ccco1)C(=O)Nc1ncccn1. The van der Waals surface area contributed by atoms with Gasteiger partial charge in [0.15, 0.2) is 6.10 Å². The predicted octanol–water partition coefficient (Wildman–Crippen LogP) is 1.74. The van der Waals surface area contributed by atoms with Gasteiger partial charge in [-0.05, 0) is 31.5 Å². The third kappa shape index (κ3) is 3.13. The first-order valence-electron chi connectivity index (χ1n) is 6.97. The maximum absolute atomic E-state index is 12.0. The van der Waals surface area contributed by atoms with Crippen LogP contribution < -0.4 is 5.32 Å². The zero-order chi connectivity index (χ0) is 15.5. The van der Waals surface area contributed by atoms with Crippen molar-refractivity contribution in [2.75, 3.05) is 5.32 Å². The lowest BCUT2D eigenvalue weighted by atomic mass is 10.2. The number of hydrogen-bond donors (Lipinski definition) is 1. The fourth-order valence-electron chi connectivity index (χ4n) is 2.16. The van der Waals surface area contributed by atoms with Crippen LogP contribution in [0.2, 0.25) is 0 Å². The molecular weight excluding hydrogens is 286 g/mol. The molecule has 0 aromatic carbocycles. The fourth-order valence-corrected chi connectivity index (χ4v) is 2.16. The van der Waals surface area contributed by atoms with E-state index in [0.717, 1.165) is 5.76 Å². The first kappa shape index (κ1) is 14.2. The first-order chi connectivity index (χ1) is 10.6. The number of anilines is 1. The Kier molecular flexibility index (Phi) is 3.86. The van der Waals surface area contributed by atoms with Crippen molar-refractivity contribution in [1.29, 1.82) is 0 Å². The van der Waals surface area contributed by atoms with Crippen LogP contribution in [-0.4, -0.2) is 27.9 Å². The molecule has 1 saturated carbocycles. The van der Waals surface area contributed by atoms with Crippen LogP contribution in [0.5, 0.6) is 0 Å². The molecule has 1 N–H and O–H groups in total. The minimum Gasteiger partial charge on any atom is -0.469 e. The molecule has 1 aliphatic carbocycles. The molecule has 3 atom stereocenters. The topological polar surface area (TPSA) is 94.3 Å². The van der Waals surface area contributed by atoms with Crippen LogP contribution in [-0.2, 0) is 14.3 Å². The average molecular weight is 301 g/mol. The fraction of sp³-hybridized carbons (Fsp3) is 0.333. The highest BCUT2D eigenvalue weighted by molar-refractivity contribution is 5.94. The lowest BCUT2D eigenvalue weighted by Gasteiger charge is -2.12. The number of carbonyl (C=O) groups is 2. The van der Waals surface area contributed by atoms with E-state index < -0.39 is 18.0 Å². The van der Waals surface area contributed by atoms with E-state index in [4.69, 9.17) is 9.15 Å². The van der Waals surface area contributed by atoms with Gasteiger partial charge in [-0.2, -0.15) is 0 Å². The molecule has 0 spiro atoms. The highest BCUT2D eigenvalue weighted by Crippen LogP contribution is 2.48. The predicted molar refractivity (Wildman–Crippen MR) is 75.8 cm³/mol. The Bertz CT molecular complexity index is 657. The van der Waals surface area contributed by atoms with Crippen molar-refractivity contribution in [2.45, 2.75) is 25.4 Å². The highest BCUT2D eigenvalue weighted by Gasteiger charge is 2.47. The van der Waals surface area contributed by atoms with Gasteiger partial charge in [-0.25, -0.2) is 9.97 Å². The van der Waals surface area contributed by atoms with Crippen LogP contribution in [0, 0.1) is 5.92 Å². The molecule has 2 aromatic heterocycles. The second-order valence-electron chi connectivity index (χ2n) is 5.10. The highest BCUT2D eigenvalue weighted by atomic mass is 16.5. The van der Waals surface area contributed by atoms with Gasteiger partial charge >= 0.3 is 5.97 Å². The molecule has 22 heavy (non-hydrogen) atoms. The largest absolute Gasteiger partial charge is 0.469 e. The molecule has 2 heterocycles. The molecule has 0 saturated heterocycles. The lowest BCUT2D eigenvalue weighted by molar-refractivity contribution is -0.154. The molecule has 114 valence electrons. The minimum atomic E-state index is -0.908. The van der Waals surface area contributed by atoms with E-state index in [2.05, 4.69) is 15.3 Å². The number of ether oxygens (including phenoxy) is 1. The van der Waals surface area contributed by atoms with E-state index in [1.54, 1.807) is 18.4 Å². The molecule has 3 rings (SSSR count). The van der Waals surface area contributed by atoms with Gasteiger partial charge in [0.25, 0.3) is 5.91 Å². The van der Waals surface area contributed by atoms with Gasteiger partial charge in [0.2, 0.25) is 5.95 Å². The van der Waals surface area contributed by atoms with Crippen molar-refractivity contribution >= 4 is 17.8 Å². The molecule has 0 bridgehead atoms. The van der Waals surface area contributed by atoms with E-state index in [9.17, 15) is 9.59 Å². The van der Waals surface area contributed by atoms with Gasteiger partial charge in [-0.3, -0.25) is 14.9 Å². The zero-order valence-electron chi connectivity index (χ0n) is 11.9. The van der Waals surface area contributed by atoms with Gasteiger partial charge in [-0.15, -0.1) is 0 Å². The number of furan rings is 1. The van der Waals surface area contributed by atoms with Gasteiger partial charge in [-0.1, -0.05) is 0 Å². The Hall–Kier alpha value is -2.70. The van der Waals surface area contributed by atoms with Crippen LogP contribution in [0.3, 0.4) is 0 Å². The Morgan fingerprint density at radius 1 is 1.36 bits per heavy atom. The summed E-state index contributed by atoms with van der Waals surface area (Å²) in [7, 11) is 0. The number of nitrogens with one attached hydrogen (secondary N) is 1. The molecule has 0 unspecified atom stereocenters. The summed E-state index contributed by atoms with van der Waals surface area (Å²) in [4.78, 5) is 31.7. The number of carbonyl (C=O) groups excluding carboxylic acids is 2. The summed E-state index contributed by atoms with van der Waals surface area (Å²) in [6.07, 6.45) is 4.37. The zero-order valence-corrected chi connectivity index (χ0v) is 11.9. The van der Waals surface area contributed by atoms with Crippen molar-refractivity contribution in [3.05, 3.63) is 42.6 Å². The summed E-state index contributed by atoms with van der Waals surface area (Å²) in [5.41, 5.74) is 0. The second kappa shape index (κ2) is 5.97. The Balaban J connectivity index is 1.50. The number of hydrogen-bond acceptors (Lipinski definition) is 6. The average Bonchev–Trinajstić information content (AvgIpc) is 3.14. The summed E-state index contributed by atoms with van der Waals surface area (Å²) < 4.78 is 10.5. The van der Waals surface area contributed by atoms with Crippen LogP contribution in [0.4, 0.5) is 5.95 Å². The summed E-state index contributed by atoms with van der Waals surface area (Å²) in [6.45, 7) is 1.51. The summed E-state index contributed by atoms with van der Waals surface area (Å²) in [6, 6.07) is 5.26. The van der Waals surface area contributed by atoms with Crippen molar-refractivity contribution in [2.24, 2.45) is 5.92 Å². The van der Waals surface area contributed by atoms with Gasteiger partial charge in [0.1, 0.15) is 5.76 Å². The normalized spacial score (nSPS) is 21.0. The molecule has 0 aliphatic heterocycles. The van der Waals surface area contributed by atoms with E-state index in [-0.39, 0.29) is 17.8 Å². The third-order valence-corrected chi connectivity index (χ3v) is 3.46. The maximum Gasteiger partial charge on any atom is 0.310 e. The van der Waals surface area contributed by atoms with E-state index in [0.29, 0.717) is 6.42 Å². The van der Waals surface area contributed by atoms with Crippen molar-refractivity contribution in [3.63, 3.8) is 0 Å². The van der Waals surface area contributed by atoms with E-state index in [1.165, 1.54) is 19.3 Å². The number of aromatic nitrogens is 2. The van der Waals surface area contributed by atoms with Crippen LogP contribution in [0.1, 0.15) is 25.0 Å². The van der Waals surface area contributed by atoms with Gasteiger partial charge in [0, 0.05) is 18.3 Å². The molecule has 1 amide bonds. The standard InChI is InChI=1S/C15H15N3O4/c1-9(13(19)18-15-16-5-3-6-17-15)22-14(20)11-8-10(11)12-4-2-7-21-12/h2-7,9-11H,8H2,1H3,(H,16,17,18,19)/t9-,10+,11+/m0/s1. The van der Waals surface area contributed by atoms with Crippen LogP contribution >= 0.6 is 0 Å². The molecule has 7 heteroatoms. The number of amides is 1. The van der Waals surface area contributed by atoms with Crippen LogP contribution in [0.25, 0.3) is 0 Å². The summed E-state index contributed by atoms with van der Waals surface area (Å²) in [5.74, 6) is -0.0932.